The summed E-state index contributed by atoms with van der Waals surface area (Å²) in [6.07, 6.45) is -1.93. The van der Waals surface area contributed by atoms with Gasteiger partial charge in [-0.1, -0.05) is 61.5 Å². The highest BCUT2D eigenvalue weighted by atomic mass is 127. The maximum absolute atomic E-state index is 12.2. The molecule has 10 nitrogen and oxygen atoms in total. The molecule has 5 unspecified atom stereocenters. The number of carbonyl (C=O) groups is 5. The van der Waals surface area contributed by atoms with Crippen LogP contribution in [0.25, 0.3) is 0 Å². The summed E-state index contributed by atoms with van der Waals surface area (Å²) in [5, 5.41) is 18.4. The molecule has 2 N–H and O–H groups in total. The van der Waals surface area contributed by atoms with Gasteiger partial charge in [-0.05, 0) is 6.92 Å². The molecule has 0 heterocycles. The third-order valence-electron chi connectivity index (χ3n) is 3.63. The van der Waals surface area contributed by atoms with Gasteiger partial charge < -0.3 is 24.4 Å². The lowest BCUT2D eigenvalue weighted by Gasteiger charge is -2.21. The molecule has 0 aliphatic carbocycles. The fourth-order valence-corrected chi connectivity index (χ4v) is 5.95. The molecule has 0 bridgehead atoms. The molecule has 0 aliphatic rings. The minimum Gasteiger partial charge on any atom is -0.481 e. The van der Waals surface area contributed by atoms with Crippen molar-refractivity contribution in [1.29, 1.82) is 0 Å². The smallest absolute Gasteiger partial charge is 0.333 e. The number of carboxylic acid groups (broad SMARTS) is 2. The highest BCUT2D eigenvalue weighted by Gasteiger charge is 2.29. The van der Waals surface area contributed by atoms with Crippen molar-refractivity contribution in [3.05, 3.63) is 12.2 Å². The zero-order chi connectivity index (χ0) is 24.3. The quantitative estimate of drug-likeness (QED) is 0.0671. The molecular weight excluding hydrogens is 678 g/mol. The molecule has 5 atom stereocenters. The fraction of sp³-hybridized carbons (Fsp3) is 0.533. The monoisotopic (exact) mass is 700 g/mol. The van der Waals surface area contributed by atoms with Gasteiger partial charge in [0, 0.05) is 5.57 Å². The van der Waals surface area contributed by atoms with Crippen molar-refractivity contribution in [3.63, 3.8) is 0 Å². The van der Waals surface area contributed by atoms with Crippen LogP contribution in [0.2, 0.25) is 0 Å². The summed E-state index contributed by atoms with van der Waals surface area (Å²) in [6, 6.07) is 0. The van der Waals surface area contributed by atoms with E-state index < -0.39 is 77.8 Å². The molecule has 0 fully saturated rings. The van der Waals surface area contributed by atoms with E-state index in [1.54, 1.807) is 15.1 Å². The second-order valence-corrected chi connectivity index (χ2v) is 18.8. The van der Waals surface area contributed by atoms with E-state index in [9.17, 15) is 34.2 Å². The van der Waals surface area contributed by atoms with Gasteiger partial charge in [0.25, 0.3) is 0 Å². The second kappa shape index (κ2) is 15.4. The molecule has 31 heavy (non-hydrogen) atoms. The Morgan fingerprint density at radius 2 is 1.32 bits per heavy atom. The van der Waals surface area contributed by atoms with Crippen LogP contribution in [0.5, 0.6) is 0 Å². The Labute approximate surface area is 209 Å². The lowest BCUT2D eigenvalue weighted by Crippen LogP contribution is -2.33. The molecule has 0 amide bonds. The zero-order valence-corrected chi connectivity index (χ0v) is 23.2. The van der Waals surface area contributed by atoms with E-state index in [-0.39, 0.29) is 12.0 Å². The molecule has 172 valence electrons. The van der Waals surface area contributed by atoms with Gasteiger partial charge in [0.2, 0.25) is 0 Å². The van der Waals surface area contributed by atoms with Crippen molar-refractivity contribution in [1.82, 2.24) is 0 Å². The Morgan fingerprint density at radius 3 is 1.71 bits per heavy atom. The first kappa shape index (κ1) is 30.5. The molecule has 0 radical (unpaired) electrons. The predicted molar refractivity (Wildman–Crippen MR) is 138 cm³/mol. The lowest BCUT2D eigenvalue weighted by molar-refractivity contribution is -0.166. The van der Waals surface area contributed by atoms with Crippen LogP contribution >= 0.6 is 55.0 Å². The van der Waals surface area contributed by atoms with Gasteiger partial charge in [-0.25, -0.2) is 4.79 Å². The number of rotatable bonds is 14. The first-order valence-electron chi connectivity index (χ1n) is 8.66. The van der Waals surface area contributed by atoms with E-state index in [4.69, 9.17) is 14.2 Å². The summed E-state index contributed by atoms with van der Waals surface area (Å²) in [5.41, 5.74) is -3.68. The Kier molecular flexibility index (Phi) is 15.2. The van der Waals surface area contributed by atoms with Crippen molar-refractivity contribution in [3.8, 4) is 0 Å². The van der Waals surface area contributed by atoms with E-state index in [2.05, 4.69) is 6.58 Å². The maximum atomic E-state index is 12.2. The molecule has 0 aromatic carbocycles. The van der Waals surface area contributed by atoms with Crippen molar-refractivity contribution in [2.75, 3.05) is 13.2 Å². The normalized spacial score (nSPS) is 15.5. The number of aliphatic carboxylic acids is 2. The predicted octanol–water partition coefficient (Wildman–Crippen LogP) is 1.01. The van der Waals surface area contributed by atoms with Crippen LogP contribution in [0.4, 0.5) is 0 Å². The van der Waals surface area contributed by atoms with Crippen LogP contribution in [-0.4, -0.2) is 85.8 Å². The Morgan fingerprint density at radius 1 is 0.903 bits per heavy atom. The number of carbonyl (C=O) groups excluding carboxylic acids is 3. The number of hydrogen-bond acceptors (Lipinski definition) is 8. The standard InChI is InChI=1S/C15H22B2I2O10P2/c1-7(2)15(26)28-6-8(29-12(21)4-10(14(24)25)31(17)19)5-27-11(20)3-9(13(22)23)30(16)18/h8-10H,1,3-6,16-17H2,2H3,(H,22,23)(H,24,25). The topological polar surface area (TPSA) is 154 Å². The zero-order valence-electron chi connectivity index (χ0n) is 17.1. The molecule has 0 rings (SSSR count). The van der Waals surface area contributed by atoms with Gasteiger partial charge in [0.15, 0.2) is 6.10 Å². The Balaban J connectivity index is 5.08. The Bertz CT molecular complexity index is 707. The van der Waals surface area contributed by atoms with Crippen molar-refractivity contribution in [2.45, 2.75) is 37.2 Å². The molecule has 16 heteroatoms. The second-order valence-electron chi connectivity index (χ2n) is 6.34. The average Bonchev–Trinajstić information content (AvgIpc) is 2.64. The van der Waals surface area contributed by atoms with E-state index in [0.29, 0.717) is 0 Å². The number of hydrogen-bond donors (Lipinski definition) is 2. The summed E-state index contributed by atoms with van der Waals surface area (Å²) in [5.74, 6) is -4.65. The van der Waals surface area contributed by atoms with Gasteiger partial charge >= 0.3 is 29.8 Å². The van der Waals surface area contributed by atoms with Crippen LogP contribution in [0.15, 0.2) is 12.2 Å². The third-order valence-corrected chi connectivity index (χ3v) is 10.2. The summed E-state index contributed by atoms with van der Waals surface area (Å²) in [4.78, 5) is 58.4. The largest absolute Gasteiger partial charge is 0.481 e. The highest BCUT2D eigenvalue weighted by molar-refractivity contribution is 14.2. The summed E-state index contributed by atoms with van der Waals surface area (Å²) in [6.45, 7) is 3.92. The van der Waals surface area contributed by atoms with Gasteiger partial charge in [0.1, 0.15) is 28.3 Å². The average molecular weight is 700 g/mol. The van der Waals surface area contributed by atoms with Gasteiger partial charge in [-0.3, -0.25) is 19.2 Å². The van der Waals surface area contributed by atoms with Gasteiger partial charge in [-0.2, -0.15) is 0 Å². The van der Waals surface area contributed by atoms with Crippen LogP contribution in [0, 0.1) is 0 Å². The van der Waals surface area contributed by atoms with E-state index >= 15 is 0 Å². The molecule has 0 aromatic rings. The SMILES string of the molecule is BP(I)C(CC(=O)OCC(COC(=O)C(=C)C)OC(=O)CC(C(=O)O)P(B)I)C(=O)O. The summed E-state index contributed by atoms with van der Waals surface area (Å²) in [7, 11) is 3.41. The summed E-state index contributed by atoms with van der Waals surface area (Å²) < 4.78 is 15.1. The van der Waals surface area contributed by atoms with E-state index in [0.717, 1.165) is 0 Å². The van der Waals surface area contributed by atoms with Crippen molar-refractivity contribution >= 4 is 99.9 Å². The van der Waals surface area contributed by atoms with Gasteiger partial charge in [0.05, 0.1) is 24.2 Å². The first-order chi connectivity index (χ1) is 14.3. The van der Waals surface area contributed by atoms with Crippen LogP contribution in [0.1, 0.15) is 19.8 Å². The molecule has 0 saturated heterocycles. The van der Waals surface area contributed by atoms with Crippen molar-refractivity contribution in [2.24, 2.45) is 0 Å². The molecule has 0 aromatic heterocycles. The number of ether oxygens (including phenoxy) is 3. The van der Waals surface area contributed by atoms with Crippen molar-refractivity contribution < 1.29 is 48.4 Å². The molecular formula is C15H22B2I2O10P2. The number of esters is 3. The number of halogens is 2. The third kappa shape index (κ3) is 13.0. The lowest BCUT2D eigenvalue weighted by atomic mass is 10.3. The molecule has 0 spiro atoms. The Hall–Kier alpha value is -0.460. The molecule has 0 saturated carbocycles. The fourth-order valence-electron chi connectivity index (χ4n) is 1.93. The molecule has 0 aliphatic heterocycles. The first-order valence-corrected chi connectivity index (χ1v) is 18.0. The minimum atomic E-state index is -1.18. The maximum Gasteiger partial charge on any atom is 0.333 e. The van der Waals surface area contributed by atoms with Crippen LogP contribution in [0.3, 0.4) is 0 Å². The van der Waals surface area contributed by atoms with E-state index in [1.807, 2.05) is 44.1 Å². The van der Waals surface area contributed by atoms with Crippen LogP contribution in [-0.2, 0) is 38.2 Å². The highest BCUT2D eigenvalue weighted by Crippen LogP contribution is 2.47. The minimum absolute atomic E-state index is 0.109. The number of carboxylic acids is 2. The van der Waals surface area contributed by atoms with Gasteiger partial charge in [-0.15, -0.1) is 0 Å². The summed E-state index contributed by atoms with van der Waals surface area (Å²) >= 11 is 3.90. The van der Waals surface area contributed by atoms with E-state index in [1.165, 1.54) is 6.92 Å². The van der Waals surface area contributed by atoms with Crippen LogP contribution < -0.4 is 0 Å².